The molecule has 2 unspecified atom stereocenters. The van der Waals surface area contributed by atoms with Crippen LogP contribution in [0, 0.1) is 5.41 Å². The smallest absolute Gasteiger partial charge is 0.330 e. The summed E-state index contributed by atoms with van der Waals surface area (Å²) in [4.78, 5) is 23.2. The number of carboxylic acids is 1. The van der Waals surface area contributed by atoms with Crippen LogP contribution >= 0.6 is 0 Å². The number of carbonyl (C=O) groups is 2. The summed E-state index contributed by atoms with van der Waals surface area (Å²) in [7, 11) is 0. The molecule has 0 heterocycles. The van der Waals surface area contributed by atoms with Gasteiger partial charge in [0.25, 0.3) is 0 Å². The molecule has 1 aromatic rings. The molecular formula is C15H22N2O3. The van der Waals surface area contributed by atoms with Gasteiger partial charge in [0.1, 0.15) is 0 Å². The summed E-state index contributed by atoms with van der Waals surface area (Å²) in [5.74, 6) is -1.09. The molecule has 0 saturated carbocycles. The third-order valence-corrected chi connectivity index (χ3v) is 3.30. The molecule has 0 spiro atoms. The number of aliphatic carboxylic acids is 1. The first-order valence-electron chi connectivity index (χ1n) is 6.56. The quantitative estimate of drug-likeness (QED) is 0.792. The molecule has 1 rings (SSSR count). The van der Waals surface area contributed by atoms with Gasteiger partial charge in [0.05, 0.1) is 0 Å². The second-order valence-corrected chi connectivity index (χ2v) is 5.89. The van der Waals surface area contributed by atoms with Gasteiger partial charge < -0.3 is 15.7 Å². The fourth-order valence-corrected chi connectivity index (χ4v) is 1.52. The van der Waals surface area contributed by atoms with Crippen molar-refractivity contribution < 1.29 is 14.7 Å². The highest BCUT2D eigenvalue weighted by molar-refractivity contribution is 5.83. The van der Waals surface area contributed by atoms with Gasteiger partial charge >= 0.3 is 12.0 Å². The molecule has 0 aliphatic carbocycles. The first kappa shape index (κ1) is 16.0. The molecule has 5 heteroatoms. The zero-order valence-electron chi connectivity index (χ0n) is 12.3. The topological polar surface area (TPSA) is 78.4 Å². The van der Waals surface area contributed by atoms with Crippen LogP contribution in [0.4, 0.5) is 4.79 Å². The molecule has 0 saturated heterocycles. The van der Waals surface area contributed by atoms with Crippen molar-refractivity contribution in [2.75, 3.05) is 0 Å². The third kappa shape index (κ3) is 4.57. The second kappa shape index (κ2) is 6.41. The summed E-state index contributed by atoms with van der Waals surface area (Å²) >= 11 is 0. The Kier molecular flexibility index (Phi) is 5.13. The highest BCUT2D eigenvalue weighted by Gasteiger charge is 2.25. The lowest BCUT2D eigenvalue weighted by atomic mass is 9.88. The number of rotatable bonds is 4. The maximum absolute atomic E-state index is 11.9. The average Bonchev–Trinajstić information content (AvgIpc) is 2.35. The molecule has 2 amide bonds. The van der Waals surface area contributed by atoms with Gasteiger partial charge in [-0.1, -0.05) is 51.1 Å². The molecule has 3 N–H and O–H groups in total. The van der Waals surface area contributed by atoms with Crippen molar-refractivity contribution in [3.8, 4) is 0 Å². The summed E-state index contributed by atoms with van der Waals surface area (Å²) < 4.78 is 0. The van der Waals surface area contributed by atoms with E-state index in [1.807, 2.05) is 27.7 Å². The number of carbonyl (C=O) groups excluding carboxylic acids is 1. The molecule has 0 aromatic heterocycles. The van der Waals surface area contributed by atoms with Crippen LogP contribution in [0.3, 0.4) is 0 Å². The van der Waals surface area contributed by atoms with E-state index < -0.39 is 18.0 Å². The monoisotopic (exact) mass is 278 g/mol. The maximum Gasteiger partial charge on any atom is 0.330 e. The van der Waals surface area contributed by atoms with Crippen LogP contribution in [0.5, 0.6) is 0 Å². The predicted molar refractivity (Wildman–Crippen MR) is 77.4 cm³/mol. The van der Waals surface area contributed by atoms with Crippen molar-refractivity contribution in [2.45, 2.75) is 39.8 Å². The molecule has 5 nitrogen and oxygen atoms in total. The van der Waals surface area contributed by atoms with Crippen LogP contribution < -0.4 is 10.6 Å². The Balaban J connectivity index is 2.73. The zero-order chi connectivity index (χ0) is 15.3. The standard InChI is InChI=1S/C15H22N2O3/c1-10(15(2,3)4)16-14(20)17-12(13(18)19)11-8-6-5-7-9-11/h5-10,12H,1-4H3,(H,18,19)(H2,16,17,20). The van der Waals surface area contributed by atoms with Crippen LogP contribution in [0.25, 0.3) is 0 Å². The van der Waals surface area contributed by atoms with E-state index in [9.17, 15) is 14.7 Å². The number of carboxylic acid groups (broad SMARTS) is 1. The number of benzene rings is 1. The van der Waals surface area contributed by atoms with Crippen molar-refractivity contribution in [2.24, 2.45) is 5.41 Å². The molecule has 0 radical (unpaired) electrons. The van der Waals surface area contributed by atoms with Gasteiger partial charge in [-0.25, -0.2) is 9.59 Å². The molecular weight excluding hydrogens is 256 g/mol. The second-order valence-electron chi connectivity index (χ2n) is 5.89. The highest BCUT2D eigenvalue weighted by Crippen LogP contribution is 2.18. The van der Waals surface area contributed by atoms with E-state index in [2.05, 4.69) is 10.6 Å². The van der Waals surface area contributed by atoms with Gasteiger partial charge in [0, 0.05) is 6.04 Å². The molecule has 0 aliphatic heterocycles. The molecule has 0 fully saturated rings. The minimum Gasteiger partial charge on any atom is -0.479 e. The van der Waals surface area contributed by atoms with E-state index >= 15 is 0 Å². The van der Waals surface area contributed by atoms with Gasteiger partial charge in [-0.3, -0.25) is 0 Å². The lowest BCUT2D eigenvalue weighted by Gasteiger charge is -2.28. The Labute approximate surface area is 119 Å². The first-order chi connectivity index (χ1) is 9.21. The lowest BCUT2D eigenvalue weighted by Crippen LogP contribution is -2.48. The van der Waals surface area contributed by atoms with E-state index in [4.69, 9.17) is 0 Å². The largest absolute Gasteiger partial charge is 0.479 e. The number of hydrogen-bond donors (Lipinski definition) is 3. The summed E-state index contributed by atoms with van der Waals surface area (Å²) in [5.41, 5.74) is 0.446. The molecule has 110 valence electrons. The van der Waals surface area contributed by atoms with Crippen molar-refractivity contribution in [1.82, 2.24) is 10.6 Å². The summed E-state index contributed by atoms with van der Waals surface area (Å²) in [6.07, 6.45) is 0. The fraction of sp³-hybridized carbons (Fsp3) is 0.467. The summed E-state index contributed by atoms with van der Waals surface area (Å²) in [5, 5.41) is 14.5. The highest BCUT2D eigenvalue weighted by atomic mass is 16.4. The number of urea groups is 1. The Morgan fingerprint density at radius 1 is 1.10 bits per heavy atom. The van der Waals surface area contributed by atoms with E-state index in [-0.39, 0.29) is 11.5 Å². The Hall–Kier alpha value is -2.04. The Morgan fingerprint density at radius 2 is 1.65 bits per heavy atom. The van der Waals surface area contributed by atoms with Gasteiger partial charge in [-0.05, 0) is 17.9 Å². The van der Waals surface area contributed by atoms with Gasteiger partial charge in [-0.2, -0.15) is 0 Å². The number of nitrogens with one attached hydrogen (secondary N) is 2. The normalized spacial score (nSPS) is 14.2. The Bertz CT molecular complexity index is 466. The van der Waals surface area contributed by atoms with Crippen LogP contribution in [-0.2, 0) is 4.79 Å². The number of amides is 2. The maximum atomic E-state index is 11.9. The van der Waals surface area contributed by atoms with E-state index in [0.29, 0.717) is 5.56 Å². The van der Waals surface area contributed by atoms with Gasteiger partial charge in [0.15, 0.2) is 6.04 Å². The van der Waals surface area contributed by atoms with Gasteiger partial charge in [-0.15, -0.1) is 0 Å². The van der Waals surface area contributed by atoms with E-state index in [0.717, 1.165) is 0 Å². The third-order valence-electron chi connectivity index (χ3n) is 3.30. The predicted octanol–water partition coefficient (Wildman–Crippen LogP) is 2.55. The molecule has 0 aliphatic rings. The van der Waals surface area contributed by atoms with E-state index in [1.165, 1.54) is 0 Å². The number of hydrogen-bond acceptors (Lipinski definition) is 2. The van der Waals surface area contributed by atoms with Crippen molar-refractivity contribution in [3.05, 3.63) is 35.9 Å². The van der Waals surface area contributed by atoms with Crippen molar-refractivity contribution in [3.63, 3.8) is 0 Å². The molecule has 2 atom stereocenters. The van der Waals surface area contributed by atoms with Crippen LogP contribution in [0.2, 0.25) is 0 Å². The minimum absolute atomic E-state index is 0.0762. The SMILES string of the molecule is CC(NC(=O)NC(C(=O)O)c1ccccc1)C(C)(C)C. The molecule has 20 heavy (non-hydrogen) atoms. The van der Waals surface area contributed by atoms with Gasteiger partial charge in [0.2, 0.25) is 0 Å². The summed E-state index contributed by atoms with van der Waals surface area (Å²) in [6, 6.07) is 7.01. The minimum atomic E-state index is -1.09. The first-order valence-corrected chi connectivity index (χ1v) is 6.56. The van der Waals surface area contributed by atoms with Crippen LogP contribution in [-0.4, -0.2) is 23.1 Å². The Morgan fingerprint density at radius 3 is 2.10 bits per heavy atom. The van der Waals surface area contributed by atoms with Crippen LogP contribution in [0.1, 0.15) is 39.3 Å². The fourth-order valence-electron chi connectivity index (χ4n) is 1.52. The van der Waals surface area contributed by atoms with Crippen molar-refractivity contribution >= 4 is 12.0 Å². The van der Waals surface area contributed by atoms with E-state index in [1.54, 1.807) is 30.3 Å². The summed E-state index contributed by atoms with van der Waals surface area (Å²) in [6.45, 7) is 7.90. The lowest BCUT2D eigenvalue weighted by molar-refractivity contribution is -0.139. The molecule has 0 bridgehead atoms. The van der Waals surface area contributed by atoms with Crippen molar-refractivity contribution in [1.29, 1.82) is 0 Å². The van der Waals surface area contributed by atoms with Crippen LogP contribution in [0.15, 0.2) is 30.3 Å². The zero-order valence-corrected chi connectivity index (χ0v) is 12.3. The average molecular weight is 278 g/mol. The molecule has 1 aromatic carbocycles.